The Labute approximate surface area is 172 Å². The normalized spacial score (nSPS) is 10.3. The Morgan fingerprint density at radius 2 is 1.92 bits per heavy atom. The smallest absolute Gasteiger partial charge is 0.339 e. The molecule has 0 unspecified atom stereocenters. The molecule has 0 aliphatic carbocycles. The highest BCUT2D eigenvalue weighted by Crippen LogP contribution is 2.21. The van der Waals surface area contributed by atoms with Crippen LogP contribution in [0.3, 0.4) is 0 Å². The van der Waals surface area contributed by atoms with Crippen molar-refractivity contribution >= 4 is 64.0 Å². The summed E-state index contributed by atoms with van der Waals surface area (Å²) in [4.78, 5) is 11.7. The molecule has 4 nitrogen and oxygen atoms in total. The summed E-state index contributed by atoms with van der Waals surface area (Å²) in [6.45, 7) is 0.724. The van der Waals surface area contributed by atoms with Crippen LogP contribution in [0.2, 0.25) is 10.0 Å². The molecule has 2 aromatic rings. The standard InChI is InChI=1S/C18H18Cl2N2O2S2/c1-24-17(23)15-10-14(6-7-16(15)20)22-18(25)21-8-9-26-11-12-2-4-13(19)5-3-12/h2-7,10H,8-9,11H2,1H3,(H2,21,22,25). The molecule has 0 saturated heterocycles. The lowest BCUT2D eigenvalue weighted by atomic mass is 10.2. The zero-order valence-corrected chi connectivity index (χ0v) is 17.2. The quantitative estimate of drug-likeness (QED) is 0.367. The molecule has 0 amide bonds. The number of halogens is 2. The number of benzene rings is 2. The van der Waals surface area contributed by atoms with E-state index >= 15 is 0 Å². The van der Waals surface area contributed by atoms with Gasteiger partial charge in [0.25, 0.3) is 0 Å². The monoisotopic (exact) mass is 428 g/mol. The Morgan fingerprint density at radius 1 is 1.19 bits per heavy atom. The lowest BCUT2D eigenvalue weighted by Gasteiger charge is -2.12. The van der Waals surface area contributed by atoms with Gasteiger partial charge >= 0.3 is 5.97 Å². The number of methoxy groups -OCH3 is 1. The molecule has 2 N–H and O–H groups in total. The maximum absolute atomic E-state index is 11.7. The zero-order chi connectivity index (χ0) is 18.9. The highest BCUT2D eigenvalue weighted by atomic mass is 35.5. The number of hydrogen-bond acceptors (Lipinski definition) is 4. The van der Waals surface area contributed by atoms with E-state index in [1.54, 1.807) is 30.0 Å². The Hall–Kier alpha value is -1.47. The van der Waals surface area contributed by atoms with Crippen molar-refractivity contribution in [2.24, 2.45) is 0 Å². The van der Waals surface area contributed by atoms with Gasteiger partial charge in [0.05, 0.1) is 17.7 Å². The second-order valence-corrected chi connectivity index (χ2v) is 7.60. The van der Waals surface area contributed by atoms with Gasteiger partial charge < -0.3 is 15.4 Å². The summed E-state index contributed by atoms with van der Waals surface area (Å²) >= 11 is 18.9. The SMILES string of the molecule is COC(=O)c1cc(NC(=S)NCCSCc2ccc(Cl)cc2)ccc1Cl. The van der Waals surface area contributed by atoms with Gasteiger partial charge in [-0.1, -0.05) is 35.3 Å². The molecule has 26 heavy (non-hydrogen) atoms. The second-order valence-electron chi connectivity index (χ2n) is 5.25. The van der Waals surface area contributed by atoms with Gasteiger partial charge in [-0.2, -0.15) is 11.8 Å². The molecular formula is C18H18Cl2N2O2S2. The van der Waals surface area contributed by atoms with Gasteiger partial charge in [-0.3, -0.25) is 0 Å². The lowest BCUT2D eigenvalue weighted by Crippen LogP contribution is -2.30. The van der Waals surface area contributed by atoms with E-state index in [2.05, 4.69) is 10.6 Å². The summed E-state index contributed by atoms with van der Waals surface area (Å²) in [5.74, 6) is 1.33. The van der Waals surface area contributed by atoms with Crippen LogP contribution in [-0.4, -0.2) is 30.5 Å². The van der Waals surface area contributed by atoms with Crippen LogP contribution in [-0.2, 0) is 10.5 Å². The molecule has 0 aromatic heterocycles. The average molecular weight is 429 g/mol. The fourth-order valence-electron chi connectivity index (χ4n) is 2.05. The number of rotatable bonds is 7. The molecule has 0 heterocycles. The van der Waals surface area contributed by atoms with Crippen LogP contribution in [0.15, 0.2) is 42.5 Å². The molecule has 0 atom stereocenters. The van der Waals surface area contributed by atoms with Crippen molar-refractivity contribution in [1.29, 1.82) is 0 Å². The lowest BCUT2D eigenvalue weighted by molar-refractivity contribution is 0.0601. The van der Waals surface area contributed by atoms with Crippen molar-refractivity contribution in [3.63, 3.8) is 0 Å². The van der Waals surface area contributed by atoms with Gasteiger partial charge in [0.2, 0.25) is 0 Å². The Balaban J connectivity index is 1.73. The van der Waals surface area contributed by atoms with E-state index < -0.39 is 5.97 Å². The number of carbonyl (C=O) groups is 1. The number of thiocarbonyl (C=S) groups is 1. The number of anilines is 1. The van der Waals surface area contributed by atoms with E-state index in [0.717, 1.165) is 23.1 Å². The van der Waals surface area contributed by atoms with E-state index in [0.29, 0.717) is 21.4 Å². The number of nitrogens with one attached hydrogen (secondary N) is 2. The summed E-state index contributed by atoms with van der Waals surface area (Å²) < 4.78 is 4.70. The van der Waals surface area contributed by atoms with E-state index in [1.165, 1.54) is 12.7 Å². The predicted molar refractivity (Wildman–Crippen MR) is 115 cm³/mol. The van der Waals surface area contributed by atoms with E-state index in [9.17, 15) is 4.79 Å². The van der Waals surface area contributed by atoms with Gasteiger partial charge in [0.15, 0.2) is 5.11 Å². The molecule has 2 aromatic carbocycles. The maximum Gasteiger partial charge on any atom is 0.339 e. The van der Waals surface area contributed by atoms with Crippen molar-refractivity contribution in [3.05, 3.63) is 63.6 Å². The summed E-state index contributed by atoms with van der Waals surface area (Å²) in [5.41, 5.74) is 2.19. The molecule has 0 saturated carbocycles. The van der Waals surface area contributed by atoms with Gasteiger partial charge in [-0.25, -0.2) is 4.79 Å². The molecule has 138 valence electrons. The number of ether oxygens (including phenoxy) is 1. The highest BCUT2D eigenvalue weighted by molar-refractivity contribution is 7.98. The van der Waals surface area contributed by atoms with Gasteiger partial charge in [0.1, 0.15) is 0 Å². The van der Waals surface area contributed by atoms with Crippen LogP contribution in [0.1, 0.15) is 15.9 Å². The minimum atomic E-state index is -0.490. The van der Waals surface area contributed by atoms with Crippen LogP contribution in [0.4, 0.5) is 5.69 Å². The molecule has 2 rings (SSSR count). The van der Waals surface area contributed by atoms with Gasteiger partial charge in [0, 0.05) is 28.8 Å². The van der Waals surface area contributed by atoms with Crippen LogP contribution in [0.5, 0.6) is 0 Å². The first kappa shape index (κ1) is 20.8. The molecular weight excluding hydrogens is 411 g/mol. The molecule has 8 heteroatoms. The van der Waals surface area contributed by atoms with Gasteiger partial charge in [-0.15, -0.1) is 0 Å². The minimum Gasteiger partial charge on any atom is -0.465 e. The Morgan fingerprint density at radius 3 is 2.62 bits per heavy atom. The fraction of sp³-hybridized carbons (Fsp3) is 0.222. The van der Waals surface area contributed by atoms with E-state index in [4.69, 9.17) is 40.2 Å². The second kappa shape index (κ2) is 10.6. The number of thioether (sulfide) groups is 1. The maximum atomic E-state index is 11.7. The first-order valence-electron chi connectivity index (χ1n) is 7.74. The zero-order valence-electron chi connectivity index (χ0n) is 14.1. The Kier molecular flexibility index (Phi) is 8.51. The Bertz CT molecular complexity index is 770. The molecule has 0 aliphatic heterocycles. The number of esters is 1. The fourth-order valence-corrected chi connectivity index (χ4v) is 3.41. The average Bonchev–Trinajstić information content (AvgIpc) is 2.64. The predicted octanol–water partition coefficient (Wildman–Crippen LogP) is 5.00. The van der Waals surface area contributed by atoms with Crippen LogP contribution in [0, 0.1) is 0 Å². The molecule has 0 spiro atoms. The van der Waals surface area contributed by atoms with Crippen molar-refractivity contribution < 1.29 is 9.53 Å². The number of hydrogen-bond donors (Lipinski definition) is 2. The number of carbonyl (C=O) groups excluding carboxylic acids is 1. The minimum absolute atomic E-state index is 0.292. The van der Waals surface area contributed by atoms with Crippen LogP contribution in [0.25, 0.3) is 0 Å². The van der Waals surface area contributed by atoms with Crippen molar-refractivity contribution in [2.75, 3.05) is 24.7 Å². The van der Waals surface area contributed by atoms with Gasteiger partial charge in [-0.05, 0) is 48.1 Å². The molecule has 0 bridgehead atoms. The van der Waals surface area contributed by atoms with Crippen molar-refractivity contribution in [1.82, 2.24) is 5.32 Å². The third-order valence-corrected chi connectivity index (χ3v) is 5.20. The van der Waals surface area contributed by atoms with Crippen LogP contribution >= 0.6 is 47.2 Å². The van der Waals surface area contributed by atoms with E-state index in [1.807, 2.05) is 24.3 Å². The summed E-state index contributed by atoms with van der Waals surface area (Å²) in [6, 6.07) is 12.8. The largest absolute Gasteiger partial charge is 0.465 e. The first-order valence-corrected chi connectivity index (χ1v) is 10.1. The molecule has 0 fully saturated rings. The molecule has 0 radical (unpaired) electrons. The summed E-state index contributed by atoms with van der Waals surface area (Å²) in [6.07, 6.45) is 0. The third kappa shape index (κ3) is 6.68. The third-order valence-electron chi connectivity index (χ3n) is 3.34. The van der Waals surface area contributed by atoms with Crippen LogP contribution < -0.4 is 10.6 Å². The summed E-state index contributed by atoms with van der Waals surface area (Å²) in [5, 5.41) is 7.73. The highest BCUT2D eigenvalue weighted by Gasteiger charge is 2.11. The molecule has 0 aliphatic rings. The van der Waals surface area contributed by atoms with E-state index in [-0.39, 0.29) is 0 Å². The first-order chi connectivity index (χ1) is 12.5. The topological polar surface area (TPSA) is 50.4 Å². The summed E-state index contributed by atoms with van der Waals surface area (Å²) in [7, 11) is 1.31. The van der Waals surface area contributed by atoms with Crippen molar-refractivity contribution in [3.8, 4) is 0 Å². The van der Waals surface area contributed by atoms with Crippen molar-refractivity contribution in [2.45, 2.75) is 5.75 Å².